The minimum Gasteiger partial charge on any atom is -0.490 e. The second-order valence-corrected chi connectivity index (χ2v) is 4.47. The van der Waals surface area contributed by atoms with Crippen LogP contribution < -0.4 is 15.8 Å². The van der Waals surface area contributed by atoms with E-state index in [4.69, 9.17) is 14.9 Å². The van der Waals surface area contributed by atoms with Crippen molar-refractivity contribution < 1.29 is 13.9 Å². The molecule has 19 heavy (non-hydrogen) atoms. The lowest BCUT2D eigenvalue weighted by molar-refractivity contribution is 0.0945. The van der Waals surface area contributed by atoms with Gasteiger partial charge in [0.1, 0.15) is 12.4 Å². The van der Waals surface area contributed by atoms with Crippen LogP contribution in [0.15, 0.2) is 45.7 Å². The molecule has 1 amide bonds. The lowest BCUT2D eigenvalue weighted by Crippen LogP contribution is -2.28. The van der Waals surface area contributed by atoms with Gasteiger partial charge in [-0.05, 0) is 34.1 Å². The number of carbonyl (C=O) groups is 1. The van der Waals surface area contributed by atoms with Crippen LogP contribution >= 0.6 is 15.9 Å². The quantitative estimate of drug-likeness (QED) is 0.654. The van der Waals surface area contributed by atoms with Crippen LogP contribution in [0.25, 0.3) is 0 Å². The Labute approximate surface area is 118 Å². The predicted octanol–water partition coefficient (Wildman–Crippen LogP) is 2.43. The Morgan fingerprint density at radius 3 is 2.84 bits per heavy atom. The molecule has 3 N–H and O–H groups in total. The van der Waals surface area contributed by atoms with Crippen molar-refractivity contribution in [2.24, 2.45) is 0 Å². The van der Waals surface area contributed by atoms with Crippen LogP contribution in [0, 0.1) is 0 Å². The van der Waals surface area contributed by atoms with Crippen LogP contribution in [-0.4, -0.2) is 19.1 Å². The Balaban J connectivity index is 1.77. The molecule has 0 radical (unpaired) electrons. The Kier molecular flexibility index (Phi) is 4.46. The minimum atomic E-state index is -0.217. The number of amides is 1. The van der Waals surface area contributed by atoms with Crippen molar-refractivity contribution in [3.05, 3.63) is 46.8 Å². The number of hydrogen-bond donors (Lipinski definition) is 2. The summed E-state index contributed by atoms with van der Waals surface area (Å²) in [6, 6.07) is 8.81. The molecule has 2 aromatic rings. The summed E-state index contributed by atoms with van der Waals surface area (Å²) >= 11 is 3.15. The van der Waals surface area contributed by atoms with E-state index in [9.17, 15) is 4.79 Å². The van der Waals surface area contributed by atoms with Gasteiger partial charge in [-0.2, -0.15) is 0 Å². The number of nitrogens with two attached hydrogens (primary N) is 1. The van der Waals surface area contributed by atoms with E-state index in [-0.39, 0.29) is 5.91 Å². The molecule has 5 nitrogen and oxygen atoms in total. The first-order valence-electron chi connectivity index (χ1n) is 5.67. The van der Waals surface area contributed by atoms with E-state index in [0.717, 1.165) is 0 Å². The van der Waals surface area contributed by atoms with Gasteiger partial charge in [-0.25, -0.2) is 0 Å². The zero-order chi connectivity index (χ0) is 13.7. The Hall–Kier alpha value is -1.95. The van der Waals surface area contributed by atoms with E-state index < -0.39 is 0 Å². The first-order chi connectivity index (χ1) is 9.18. The van der Waals surface area contributed by atoms with Gasteiger partial charge in [-0.15, -0.1) is 0 Å². The monoisotopic (exact) mass is 324 g/mol. The Bertz CT molecular complexity index is 569. The van der Waals surface area contributed by atoms with E-state index in [1.54, 1.807) is 18.2 Å². The van der Waals surface area contributed by atoms with E-state index in [1.165, 1.54) is 6.26 Å². The summed E-state index contributed by atoms with van der Waals surface area (Å²) in [6.45, 7) is 0.722. The molecule has 0 fully saturated rings. The zero-order valence-electron chi connectivity index (χ0n) is 10.1. The van der Waals surface area contributed by atoms with Crippen LogP contribution in [-0.2, 0) is 0 Å². The summed E-state index contributed by atoms with van der Waals surface area (Å²) in [6.07, 6.45) is 1.44. The highest BCUT2D eigenvalue weighted by Crippen LogP contribution is 2.19. The van der Waals surface area contributed by atoms with Gasteiger partial charge in [0.2, 0.25) is 0 Å². The summed E-state index contributed by atoms with van der Waals surface area (Å²) < 4.78 is 10.9. The molecule has 2 rings (SSSR count). The van der Waals surface area contributed by atoms with Crippen LogP contribution in [0.2, 0.25) is 0 Å². The molecule has 0 spiro atoms. The number of ether oxygens (including phenoxy) is 1. The van der Waals surface area contributed by atoms with Gasteiger partial charge in [0.25, 0.3) is 5.91 Å². The fourth-order valence-corrected chi connectivity index (χ4v) is 1.91. The van der Waals surface area contributed by atoms with E-state index in [1.807, 2.05) is 12.1 Å². The fourth-order valence-electron chi connectivity index (χ4n) is 1.49. The van der Waals surface area contributed by atoms with Gasteiger partial charge in [0.05, 0.1) is 24.1 Å². The standard InChI is InChI=1S/C13H13BrN2O3/c14-12-9(5-7-19-12)13(17)16-6-8-18-11-4-2-1-3-10(11)15/h1-5,7H,6,8,15H2,(H,16,17). The van der Waals surface area contributed by atoms with Crippen LogP contribution in [0.5, 0.6) is 5.75 Å². The molecule has 0 aliphatic carbocycles. The number of para-hydroxylation sites is 2. The summed E-state index contributed by atoms with van der Waals surface area (Å²) in [4.78, 5) is 11.7. The number of halogens is 1. The molecule has 6 heteroatoms. The first kappa shape index (κ1) is 13.5. The Morgan fingerprint density at radius 1 is 1.37 bits per heavy atom. The summed E-state index contributed by atoms with van der Waals surface area (Å²) in [7, 11) is 0. The lowest BCUT2D eigenvalue weighted by atomic mass is 10.3. The molecular formula is C13H13BrN2O3. The third-order valence-corrected chi connectivity index (χ3v) is 3.04. The number of nitrogen functional groups attached to an aromatic ring is 1. The average molecular weight is 325 g/mol. The molecule has 0 saturated heterocycles. The number of rotatable bonds is 5. The van der Waals surface area contributed by atoms with Crippen molar-refractivity contribution >= 4 is 27.5 Å². The van der Waals surface area contributed by atoms with Crippen LogP contribution in [0.3, 0.4) is 0 Å². The largest absolute Gasteiger partial charge is 0.490 e. The van der Waals surface area contributed by atoms with Crippen LogP contribution in [0.4, 0.5) is 5.69 Å². The minimum absolute atomic E-state index is 0.217. The summed E-state index contributed by atoms with van der Waals surface area (Å²) in [5.41, 5.74) is 6.76. The van der Waals surface area contributed by atoms with Gasteiger partial charge in [0, 0.05) is 0 Å². The first-order valence-corrected chi connectivity index (χ1v) is 6.46. The maximum Gasteiger partial charge on any atom is 0.255 e. The van der Waals surface area contributed by atoms with Crippen molar-refractivity contribution in [3.8, 4) is 5.75 Å². The number of nitrogens with one attached hydrogen (secondary N) is 1. The van der Waals surface area contributed by atoms with Gasteiger partial charge >= 0.3 is 0 Å². The zero-order valence-corrected chi connectivity index (χ0v) is 11.6. The van der Waals surface area contributed by atoms with E-state index in [0.29, 0.717) is 34.8 Å². The number of furan rings is 1. The molecule has 1 heterocycles. The third kappa shape index (κ3) is 3.51. The highest BCUT2D eigenvalue weighted by atomic mass is 79.9. The number of benzene rings is 1. The number of anilines is 1. The Morgan fingerprint density at radius 2 is 2.16 bits per heavy atom. The molecule has 1 aromatic heterocycles. The predicted molar refractivity (Wildman–Crippen MR) is 75.1 cm³/mol. The van der Waals surface area contributed by atoms with E-state index >= 15 is 0 Å². The molecule has 0 aliphatic heterocycles. The lowest BCUT2D eigenvalue weighted by Gasteiger charge is -2.09. The van der Waals surface area contributed by atoms with Crippen molar-refractivity contribution in [1.82, 2.24) is 5.32 Å². The van der Waals surface area contributed by atoms with Crippen LogP contribution in [0.1, 0.15) is 10.4 Å². The SMILES string of the molecule is Nc1ccccc1OCCNC(=O)c1ccoc1Br. The molecule has 100 valence electrons. The smallest absolute Gasteiger partial charge is 0.255 e. The number of carbonyl (C=O) groups excluding carboxylic acids is 1. The maximum atomic E-state index is 11.7. The molecule has 0 aliphatic rings. The summed E-state index contributed by atoms with van der Waals surface area (Å²) in [5.74, 6) is 0.395. The van der Waals surface area contributed by atoms with Gasteiger partial charge in [-0.3, -0.25) is 4.79 Å². The maximum absolute atomic E-state index is 11.7. The molecule has 0 saturated carbocycles. The second kappa shape index (κ2) is 6.29. The topological polar surface area (TPSA) is 77.5 Å². The third-order valence-electron chi connectivity index (χ3n) is 2.43. The van der Waals surface area contributed by atoms with Crippen molar-refractivity contribution in [2.45, 2.75) is 0 Å². The van der Waals surface area contributed by atoms with Crippen molar-refractivity contribution in [1.29, 1.82) is 0 Å². The fraction of sp³-hybridized carbons (Fsp3) is 0.154. The van der Waals surface area contributed by atoms with Gasteiger partial charge < -0.3 is 20.2 Å². The molecule has 0 bridgehead atoms. The van der Waals surface area contributed by atoms with Crippen molar-refractivity contribution in [3.63, 3.8) is 0 Å². The summed E-state index contributed by atoms with van der Waals surface area (Å²) in [5, 5.41) is 2.72. The number of hydrogen-bond acceptors (Lipinski definition) is 4. The molecule has 0 unspecified atom stereocenters. The molecular weight excluding hydrogens is 312 g/mol. The molecule has 0 atom stereocenters. The second-order valence-electron chi connectivity index (χ2n) is 3.75. The molecule has 1 aromatic carbocycles. The van der Waals surface area contributed by atoms with E-state index in [2.05, 4.69) is 21.2 Å². The normalized spacial score (nSPS) is 10.2. The van der Waals surface area contributed by atoms with Gasteiger partial charge in [0.15, 0.2) is 4.67 Å². The highest BCUT2D eigenvalue weighted by molar-refractivity contribution is 9.10. The average Bonchev–Trinajstić information content (AvgIpc) is 2.82. The van der Waals surface area contributed by atoms with Gasteiger partial charge in [-0.1, -0.05) is 12.1 Å². The van der Waals surface area contributed by atoms with Crippen molar-refractivity contribution in [2.75, 3.05) is 18.9 Å². The highest BCUT2D eigenvalue weighted by Gasteiger charge is 2.11.